The number of aromatic nitrogens is 4. The van der Waals surface area contributed by atoms with Gasteiger partial charge in [-0.05, 0) is 30.1 Å². The molecule has 2 aromatic heterocycles. The lowest BCUT2D eigenvalue weighted by atomic mass is 9.84. The second kappa shape index (κ2) is 5.20. The maximum atomic E-state index is 5.94. The van der Waals surface area contributed by atoms with Gasteiger partial charge in [0.1, 0.15) is 5.60 Å². The lowest BCUT2D eigenvalue weighted by Crippen LogP contribution is -2.33. The van der Waals surface area contributed by atoms with Gasteiger partial charge in [0.25, 0.3) is 5.89 Å². The summed E-state index contributed by atoms with van der Waals surface area (Å²) in [4.78, 5) is 4.38. The van der Waals surface area contributed by atoms with Gasteiger partial charge in [-0.25, -0.2) is 4.63 Å². The molecule has 2 aromatic rings. The molecule has 0 aliphatic heterocycles. The van der Waals surface area contributed by atoms with Crippen LogP contribution in [0.15, 0.2) is 9.15 Å². The Hall–Kier alpha value is -1.96. The van der Waals surface area contributed by atoms with E-state index >= 15 is 0 Å². The van der Waals surface area contributed by atoms with Crippen LogP contribution in [-0.4, -0.2) is 27.1 Å². The van der Waals surface area contributed by atoms with Crippen molar-refractivity contribution < 1.29 is 13.9 Å². The smallest absolute Gasteiger partial charge is 0.284 e. The number of rotatable bonds is 4. The molecule has 8 nitrogen and oxygen atoms in total. The number of anilines is 1. The van der Waals surface area contributed by atoms with Crippen LogP contribution < -0.4 is 5.73 Å². The Morgan fingerprint density at radius 3 is 2.65 bits per heavy atom. The Morgan fingerprint density at radius 1 is 1.20 bits per heavy atom. The van der Waals surface area contributed by atoms with Crippen molar-refractivity contribution in [1.29, 1.82) is 0 Å². The Morgan fingerprint density at radius 2 is 2.00 bits per heavy atom. The average Bonchev–Trinajstić information content (AvgIpc) is 3.08. The van der Waals surface area contributed by atoms with Crippen molar-refractivity contribution in [3.05, 3.63) is 5.82 Å². The third-order valence-corrected chi connectivity index (χ3v) is 3.63. The van der Waals surface area contributed by atoms with Gasteiger partial charge in [0.15, 0.2) is 0 Å². The van der Waals surface area contributed by atoms with Crippen LogP contribution in [0.5, 0.6) is 0 Å². The van der Waals surface area contributed by atoms with E-state index in [9.17, 15) is 0 Å². The molecular weight excluding hydrogens is 262 g/mol. The van der Waals surface area contributed by atoms with Crippen LogP contribution in [0.2, 0.25) is 0 Å². The molecule has 0 saturated heterocycles. The first-order valence-electron chi connectivity index (χ1n) is 6.82. The molecule has 1 saturated carbocycles. The predicted octanol–water partition coefficient (Wildman–Crippen LogP) is 1.90. The van der Waals surface area contributed by atoms with Crippen LogP contribution in [0.4, 0.5) is 5.82 Å². The highest BCUT2D eigenvalue weighted by Gasteiger charge is 2.39. The van der Waals surface area contributed by atoms with Crippen molar-refractivity contribution in [3.63, 3.8) is 0 Å². The summed E-state index contributed by atoms with van der Waals surface area (Å²) in [6, 6.07) is 0. The highest BCUT2D eigenvalue weighted by molar-refractivity contribution is 5.60. The summed E-state index contributed by atoms with van der Waals surface area (Å²) >= 11 is 0. The Bertz CT molecular complexity index is 568. The summed E-state index contributed by atoms with van der Waals surface area (Å²) in [5.41, 5.74) is 5.44. The molecule has 0 unspecified atom stereocenters. The van der Waals surface area contributed by atoms with Crippen molar-refractivity contribution >= 4 is 5.82 Å². The van der Waals surface area contributed by atoms with E-state index in [2.05, 4.69) is 25.1 Å². The molecule has 1 aliphatic carbocycles. The summed E-state index contributed by atoms with van der Waals surface area (Å²) in [5, 5.41) is 11.2. The SMILES string of the molecule is CCOC1(c2noc(-c3nonc3N)n2)CCCCC1. The van der Waals surface area contributed by atoms with Gasteiger partial charge >= 0.3 is 0 Å². The topological polar surface area (TPSA) is 113 Å². The zero-order chi connectivity index (χ0) is 14.0. The highest BCUT2D eigenvalue weighted by Crippen LogP contribution is 2.39. The molecule has 0 radical (unpaired) electrons. The summed E-state index contributed by atoms with van der Waals surface area (Å²) < 4.78 is 15.7. The third kappa shape index (κ3) is 2.15. The van der Waals surface area contributed by atoms with E-state index in [1.807, 2.05) is 6.92 Å². The van der Waals surface area contributed by atoms with Crippen LogP contribution >= 0.6 is 0 Å². The lowest BCUT2D eigenvalue weighted by Gasteiger charge is -2.33. The number of hydrogen-bond acceptors (Lipinski definition) is 8. The zero-order valence-electron chi connectivity index (χ0n) is 11.3. The predicted molar refractivity (Wildman–Crippen MR) is 68.4 cm³/mol. The van der Waals surface area contributed by atoms with Crippen LogP contribution in [0.3, 0.4) is 0 Å². The van der Waals surface area contributed by atoms with Crippen LogP contribution in [0, 0.1) is 0 Å². The van der Waals surface area contributed by atoms with Crippen molar-refractivity contribution in [1.82, 2.24) is 20.5 Å². The van der Waals surface area contributed by atoms with Crippen LogP contribution in [0.25, 0.3) is 11.6 Å². The van der Waals surface area contributed by atoms with Gasteiger partial charge in [-0.3, -0.25) is 0 Å². The second-order valence-corrected chi connectivity index (χ2v) is 4.91. The quantitative estimate of drug-likeness (QED) is 0.902. The molecule has 0 amide bonds. The molecule has 3 rings (SSSR count). The van der Waals surface area contributed by atoms with Gasteiger partial charge in [-0.1, -0.05) is 24.4 Å². The molecule has 108 valence electrons. The van der Waals surface area contributed by atoms with Crippen molar-refractivity contribution in [3.8, 4) is 11.6 Å². The van der Waals surface area contributed by atoms with Gasteiger partial charge in [0.2, 0.25) is 17.3 Å². The maximum absolute atomic E-state index is 5.94. The summed E-state index contributed by atoms with van der Waals surface area (Å²) in [7, 11) is 0. The van der Waals surface area contributed by atoms with Crippen molar-refractivity contribution in [2.24, 2.45) is 0 Å². The fourth-order valence-corrected chi connectivity index (χ4v) is 2.68. The third-order valence-electron chi connectivity index (χ3n) is 3.63. The van der Waals surface area contributed by atoms with E-state index in [1.165, 1.54) is 6.42 Å². The van der Waals surface area contributed by atoms with E-state index < -0.39 is 5.60 Å². The van der Waals surface area contributed by atoms with E-state index in [4.69, 9.17) is 15.0 Å². The van der Waals surface area contributed by atoms with Gasteiger partial charge in [-0.2, -0.15) is 4.98 Å². The first kappa shape index (κ1) is 13.0. The van der Waals surface area contributed by atoms with E-state index in [0.717, 1.165) is 25.7 Å². The molecule has 0 spiro atoms. The fraction of sp³-hybridized carbons (Fsp3) is 0.667. The molecule has 0 aromatic carbocycles. The molecule has 1 fully saturated rings. The lowest BCUT2D eigenvalue weighted by molar-refractivity contribution is -0.0777. The summed E-state index contributed by atoms with van der Waals surface area (Å²) in [6.07, 6.45) is 5.19. The number of nitrogens with zero attached hydrogens (tertiary/aromatic N) is 4. The summed E-state index contributed by atoms with van der Waals surface area (Å²) in [5.74, 6) is 0.897. The van der Waals surface area contributed by atoms with E-state index in [0.29, 0.717) is 12.4 Å². The molecular formula is C12H17N5O3. The van der Waals surface area contributed by atoms with Gasteiger partial charge in [0, 0.05) is 6.61 Å². The largest absolute Gasteiger partial charge is 0.379 e. The van der Waals surface area contributed by atoms with Gasteiger partial charge in [0.05, 0.1) is 0 Å². The van der Waals surface area contributed by atoms with Crippen molar-refractivity contribution in [2.75, 3.05) is 12.3 Å². The summed E-state index contributed by atoms with van der Waals surface area (Å²) in [6.45, 7) is 2.58. The molecule has 8 heteroatoms. The molecule has 0 atom stereocenters. The number of ether oxygens (including phenoxy) is 1. The monoisotopic (exact) mass is 279 g/mol. The highest BCUT2D eigenvalue weighted by atomic mass is 16.6. The minimum atomic E-state index is -0.458. The first-order valence-corrected chi connectivity index (χ1v) is 6.82. The van der Waals surface area contributed by atoms with Gasteiger partial charge < -0.3 is 15.0 Å². The molecule has 2 N–H and O–H groups in total. The number of nitrogen functional groups attached to an aromatic ring is 1. The minimum Gasteiger partial charge on any atom is -0.379 e. The molecule has 2 heterocycles. The number of hydrogen-bond donors (Lipinski definition) is 1. The van der Waals surface area contributed by atoms with Gasteiger partial charge in [-0.15, -0.1) is 0 Å². The number of nitrogens with two attached hydrogens (primary N) is 1. The second-order valence-electron chi connectivity index (χ2n) is 4.91. The molecule has 0 bridgehead atoms. The molecule has 1 aliphatic rings. The fourth-order valence-electron chi connectivity index (χ4n) is 2.68. The van der Waals surface area contributed by atoms with E-state index in [-0.39, 0.29) is 17.4 Å². The van der Waals surface area contributed by atoms with E-state index in [1.54, 1.807) is 0 Å². The first-order chi connectivity index (χ1) is 9.75. The Kier molecular flexibility index (Phi) is 3.39. The van der Waals surface area contributed by atoms with Crippen molar-refractivity contribution in [2.45, 2.75) is 44.6 Å². The van der Waals surface area contributed by atoms with Crippen LogP contribution in [-0.2, 0) is 10.3 Å². The Balaban J connectivity index is 1.93. The minimum absolute atomic E-state index is 0.134. The standard InChI is InChI=1S/C12H17N5O3/c1-2-18-12(6-4-3-5-7-12)11-14-10(19-17-11)8-9(13)16-20-15-8/h2-7H2,1H3,(H2,13,16). The Labute approximate surface area is 115 Å². The normalized spacial score (nSPS) is 18.2. The molecule has 20 heavy (non-hydrogen) atoms. The zero-order valence-corrected chi connectivity index (χ0v) is 11.3. The maximum Gasteiger partial charge on any atom is 0.284 e. The average molecular weight is 279 g/mol. The van der Waals surface area contributed by atoms with Crippen LogP contribution in [0.1, 0.15) is 44.9 Å².